The standard InChI is InChI=1S/C29H31N3O4.ClH/c33-22-7-6-17-14-23-29(35)10-8-21(31-27(34)19-2-1-3-20-18(19)9-12-30-20)26-28(29,24(17)25(22)36-26)11-13-32(23)15-16-4-5-16;/h1-3,6-7,9,12,16,21,23,26,30,33,35H,4-5,8,10-11,13-15H2,(H,31,34);1H/t21-,23-,26+,28+,29-;/m1./s1. The van der Waals surface area contributed by atoms with E-state index in [0.29, 0.717) is 24.2 Å². The van der Waals surface area contributed by atoms with Crippen LogP contribution in [0, 0.1) is 5.92 Å². The molecular weight excluding hydrogens is 490 g/mol. The number of nitrogens with one attached hydrogen (secondary N) is 2. The number of phenolic OH excluding ortho intramolecular Hbond substituents is 1. The Kier molecular flexibility index (Phi) is 4.98. The van der Waals surface area contributed by atoms with Gasteiger partial charge in [-0.15, -0.1) is 12.4 Å². The maximum atomic E-state index is 13.5. The monoisotopic (exact) mass is 521 g/mol. The third-order valence-corrected chi connectivity index (χ3v) is 9.92. The largest absolute Gasteiger partial charge is 0.504 e. The van der Waals surface area contributed by atoms with Crippen molar-refractivity contribution in [3.63, 3.8) is 0 Å². The van der Waals surface area contributed by atoms with Gasteiger partial charge in [0.1, 0.15) is 6.10 Å². The molecular formula is C29H32ClN3O4. The number of carbonyl (C=O) groups excluding carboxylic acids is 1. The maximum Gasteiger partial charge on any atom is 0.252 e. The molecule has 7 nitrogen and oxygen atoms in total. The second-order valence-electron chi connectivity index (χ2n) is 11.7. The first-order valence-corrected chi connectivity index (χ1v) is 13.3. The molecule has 2 bridgehead atoms. The number of ether oxygens (including phenoxy) is 1. The number of halogens is 1. The molecule has 3 aromatic rings. The van der Waals surface area contributed by atoms with E-state index in [-0.39, 0.29) is 36.1 Å². The fourth-order valence-electron chi connectivity index (χ4n) is 8.16. The summed E-state index contributed by atoms with van der Waals surface area (Å²) in [5.41, 5.74) is 2.14. The molecule has 4 N–H and O–H groups in total. The van der Waals surface area contributed by atoms with Gasteiger partial charge in [0, 0.05) is 40.8 Å². The van der Waals surface area contributed by atoms with Crippen molar-refractivity contribution in [2.75, 3.05) is 13.1 Å². The van der Waals surface area contributed by atoms with Crippen molar-refractivity contribution in [1.82, 2.24) is 15.2 Å². The summed E-state index contributed by atoms with van der Waals surface area (Å²) in [5, 5.41) is 27.6. The number of carbonyl (C=O) groups is 1. The van der Waals surface area contributed by atoms with E-state index in [9.17, 15) is 15.0 Å². The Morgan fingerprint density at radius 3 is 2.86 bits per heavy atom. The quantitative estimate of drug-likeness (QED) is 0.420. The average Bonchev–Trinajstić information content (AvgIpc) is 3.41. The molecule has 3 aliphatic carbocycles. The van der Waals surface area contributed by atoms with Crippen molar-refractivity contribution >= 4 is 29.2 Å². The lowest BCUT2D eigenvalue weighted by molar-refractivity contribution is -0.191. The van der Waals surface area contributed by atoms with Crippen LogP contribution >= 0.6 is 12.4 Å². The molecule has 5 atom stereocenters. The van der Waals surface area contributed by atoms with Crippen molar-refractivity contribution in [2.45, 2.75) is 67.7 Å². The third kappa shape index (κ3) is 2.99. The van der Waals surface area contributed by atoms with Gasteiger partial charge >= 0.3 is 0 Å². The number of nitrogens with zero attached hydrogens (tertiary/aromatic N) is 1. The lowest BCUT2D eigenvalue weighted by Gasteiger charge is -2.64. The van der Waals surface area contributed by atoms with Crippen LogP contribution in [0.2, 0.25) is 0 Å². The summed E-state index contributed by atoms with van der Waals surface area (Å²) >= 11 is 0. The van der Waals surface area contributed by atoms with Gasteiger partial charge in [0.2, 0.25) is 0 Å². The molecule has 8 heteroatoms. The Morgan fingerprint density at radius 2 is 2.03 bits per heavy atom. The molecule has 194 valence electrons. The van der Waals surface area contributed by atoms with Crippen molar-refractivity contribution in [1.29, 1.82) is 0 Å². The van der Waals surface area contributed by atoms with Crippen LogP contribution in [-0.4, -0.2) is 62.9 Å². The average molecular weight is 522 g/mol. The first-order chi connectivity index (χ1) is 17.5. The predicted molar refractivity (Wildman–Crippen MR) is 142 cm³/mol. The molecule has 1 spiro atoms. The van der Waals surface area contributed by atoms with E-state index in [1.807, 2.05) is 36.5 Å². The molecule has 3 fully saturated rings. The van der Waals surface area contributed by atoms with Crippen LogP contribution in [0.1, 0.15) is 53.6 Å². The minimum atomic E-state index is -0.946. The highest BCUT2D eigenvalue weighted by Gasteiger charge is 2.73. The highest BCUT2D eigenvalue weighted by atomic mass is 35.5. The summed E-state index contributed by atoms with van der Waals surface area (Å²) < 4.78 is 6.58. The zero-order valence-electron chi connectivity index (χ0n) is 20.6. The van der Waals surface area contributed by atoms with Gasteiger partial charge in [0.05, 0.1) is 17.1 Å². The molecule has 8 rings (SSSR count). The van der Waals surface area contributed by atoms with Crippen LogP contribution in [0.3, 0.4) is 0 Å². The lowest BCUT2D eigenvalue weighted by atomic mass is 9.48. The number of rotatable bonds is 4. The van der Waals surface area contributed by atoms with Gasteiger partial charge in [-0.2, -0.15) is 0 Å². The van der Waals surface area contributed by atoms with Gasteiger partial charge in [0.25, 0.3) is 5.91 Å². The number of hydrogen-bond acceptors (Lipinski definition) is 5. The fraction of sp³-hybridized carbons (Fsp3) is 0.483. The van der Waals surface area contributed by atoms with Crippen molar-refractivity contribution in [3.05, 3.63) is 59.3 Å². The number of amides is 1. The van der Waals surface area contributed by atoms with Crippen LogP contribution in [-0.2, 0) is 11.8 Å². The molecule has 1 amide bonds. The third-order valence-electron chi connectivity index (χ3n) is 9.92. The van der Waals surface area contributed by atoms with E-state index in [1.54, 1.807) is 6.07 Å². The first kappa shape index (κ1) is 23.4. The molecule has 5 aliphatic rings. The number of benzene rings is 2. The molecule has 2 aliphatic heterocycles. The summed E-state index contributed by atoms with van der Waals surface area (Å²) in [7, 11) is 0. The van der Waals surface area contributed by atoms with E-state index < -0.39 is 17.1 Å². The number of phenols is 1. The molecule has 1 aromatic heterocycles. The minimum Gasteiger partial charge on any atom is -0.504 e. The highest BCUT2D eigenvalue weighted by molar-refractivity contribution is 6.06. The van der Waals surface area contributed by atoms with Gasteiger partial charge in [-0.05, 0) is 80.8 Å². The molecule has 3 heterocycles. The Hall–Kier alpha value is -2.74. The molecule has 2 saturated carbocycles. The number of fused-ring (bicyclic) bond motifs is 1. The summed E-state index contributed by atoms with van der Waals surface area (Å²) in [6, 6.07) is 11.1. The fourth-order valence-corrected chi connectivity index (χ4v) is 8.16. The summed E-state index contributed by atoms with van der Waals surface area (Å²) in [6.45, 7) is 1.96. The number of aromatic nitrogens is 1. The Bertz CT molecular complexity index is 1420. The normalized spacial score (nSPS) is 33.4. The van der Waals surface area contributed by atoms with Crippen LogP contribution in [0.4, 0.5) is 0 Å². The Balaban J connectivity index is 0.00000231. The first-order valence-electron chi connectivity index (χ1n) is 13.3. The van der Waals surface area contributed by atoms with Crippen LogP contribution < -0.4 is 10.1 Å². The number of H-pyrrole nitrogens is 1. The predicted octanol–water partition coefficient (Wildman–Crippen LogP) is 3.66. The second-order valence-corrected chi connectivity index (χ2v) is 11.7. The van der Waals surface area contributed by atoms with Crippen molar-refractivity contribution in [3.8, 4) is 11.5 Å². The Labute approximate surface area is 221 Å². The van der Waals surface area contributed by atoms with Gasteiger partial charge in [-0.3, -0.25) is 9.69 Å². The maximum absolute atomic E-state index is 13.5. The van der Waals surface area contributed by atoms with Gasteiger partial charge in [-0.25, -0.2) is 0 Å². The summed E-state index contributed by atoms with van der Waals surface area (Å²) in [4.78, 5) is 19.3. The Morgan fingerprint density at radius 1 is 1.16 bits per heavy atom. The van der Waals surface area contributed by atoms with E-state index in [4.69, 9.17) is 4.74 Å². The van der Waals surface area contributed by atoms with Crippen molar-refractivity contribution < 1.29 is 19.7 Å². The van der Waals surface area contributed by atoms with Crippen LogP contribution in [0.15, 0.2) is 42.6 Å². The molecule has 1 saturated heterocycles. The van der Waals surface area contributed by atoms with E-state index in [0.717, 1.165) is 48.3 Å². The molecule has 0 unspecified atom stereocenters. The van der Waals surface area contributed by atoms with E-state index in [2.05, 4.69) is 15.2 Å². The summed E-state index contributed by atoms with van der Waals surface area (Å²) in [6.07, 6.45) is 6.78. The highest BCUT2D eigenvalue weighted by Crippen LogP contribution is 2.65. The number of aliphatic hydroxyl groups is 1. The molecule has 0 radical (unpaired) electrons. The zero-order chi connectivity index (χ0) is 24.2. The summed E-state index contributed by atoms with van der Waals surface area (Å²) in [5.74, 6) is 1.26. The zero-order valence-corrected chi connectivity index (χ0v) is 21.4. The van der Waals surface area contributed by atoms with Crippen LogP contribution in [0.25, 0.3) is 10.9 Å². The lowest BCUT2D eigenvalue weighted by Crippen LogP contribution is -2.78. The number of piperidine rings is 1. The SMILES string of the molecule is Cl.O=C(N[C@@H]1CC[C@@]2(O)[C@H]3Cc4ccc(O)c5c4[C@@]2(CCN3CC2CC2)[C@H]1O5)c1cccc2[nH]ccc12. The van der Waals surface area contributed by atoms with Crippen molar-refractivity contribution in [2.24, 2.45) is 5.92 Å². The second kappa shape index (κ2) is 7.88. The van der Waals surface area contributed by atoms with E-state index in [1.165, 1.54) is 18.4 Å². The van der Waals surface area contributed by atoms with Crippen LogP contribution in [0.5, 0.6) is 11.5 Å². The topological polar surface area (TPSA) is 97.8 Å². The minimum absolute atomic E-state index is 0. The number of aromatic hydroxyl groups is 1. The molecule has 2 aromatic carbocycles. The van der Waals surface area contributed by atoms with Gasteiger partial charge in [0.15, 0.2) is 11.5 Å². The van der Waals surface area contributed by atoms with Gasteiger partial charge < -0.3 is 25.3 Å². The number of aromatic amines is 1. The smallest absolute Gasteiger partial charge is 0.252 e. The van der Waals surface area contributed by atoms with Gasteiger partial charge in [-0.1, -0.05) is 12.1 Å². The van der Waals surface area contributed by atoms with E-state index >= 15 is 0 Å². The number of hydrogen-bond donors (Lipinski definition) is 4. The number of likely N-dealkylation sites (tertiary alicyclic amines) is 1. The molecule has 37 heavy (non-hydrogen) atoms.